The second-order valence-corrected chi connectivity index (χ2v) is 11.2. The molecule has 12 heteroatoms. The smallest absolute Gasteiger partial charge is 0.257 e. The van der Waals surface area contributed by atoms with Crippen LogP contribution in [0, 0.1) is 12.7 Å². The van der Waals surface area contributed by atoms with Crippen LogP contribution in [0.4, 0.5) is 20.4 Å². The number of nitrogens with one attached hydrogen (secondary N) is 3. The number of halogens is 2. The SMILES string of the molecule is CC/C(F)=C/S(=O)(=O)Nc1c(F)ccc2c(Oc3ncccc3-c3ccnc(NC4CCCNC4)n3)c(C)ccc12. The molecule has 4 aromatic rings. The third kappa shape index (κ3) is 6.60. The molecule has 214 valence electrons. The van der Waals surface area contributed by atoms with Gasteiger partial charge in [0.2, 0.25) is 11.8 Å². The first kappa shape index (κ1) is 28.4. The molecule has 2 aromatic heterocycles. The van der Waals surface area contributed by atoms with Crippen LogP contribution >= 0.6 is 0 Å². The van der Waals surface area contributed by atoms with Gasteiger partial charge in [0.25, 0.3) is 10.0 Å². The van der Waals surface area contributed by atoms with E-state index in [1.165, 1.54) is 13.0 Å². The Morgan fingerprint density at radius 2 is 1.98 bits per heavy atom. The topological polar surface area (TPSA) is 118 Å². The molecule has 0 amide bonds. The fourth-order valence-corrected chi connectivity index (χ4v) is 5.68. The lowest BCUT2D eigenvalue weighted by Crippen LogP contribution is -2.38. The fraction of sp³-hybridized carbons (Fsp3) is 0.276. The van der Waals surface area contributed by atoms with Crippen LogP contribution in [0.2, 0.25) is 0 Å². The van der Waals surface area contributed by atoms with Gasteiger partial charge in [0.1, 0.15) is 17.4 Å². The van der Waals surface area contributed by atoms with Crippen molar-refractivity contribution < 1.29 is 21.9 Å². The maximum absolute atomic E-state index is 14.9. The maximum Gasteiger partial charge on any atom is 0.257 e. The number of piperidine rings is 1. The summed E-state index contributed by atoms with van der Waals surface area (Å²) in [5.74, 6) is -0.549. The van der Waals surface area contributed by atoms with E-state index >= 15 is 0 Å². The Morgan fingerprint density at radius 3 is 2.76 bits per heavy atom. The number of fused-ring (bicyclic) bond motifs is 1. The summed E-state index contributed by atoms with van der Waals surface area (Å²) in [4.78, 5) is 13.5. The van der Waals surface area contributed by atoms with Gasteiger partial charge < -0.3 is 15.4 Å². The first-order chi connectivity index (χ1) is 19.7. The van der Waals surface area contributed by atoms with E-state index in [4.69, 9.17) is 4.74 Å². The predicted octanol–water partition coefficient (Wildman–Crippen LogP) is 6.06. The van der Waals surface area contributed by atoms with Crippen molar-refractivity contribution in [1.29, 1.82) is 0 Å². The highest BCUT2D eigenvalue weighted by molar-refractivity contribution is 7.95. The van der Waals surface area contributed by atoms with Gasteiger partial charge >= 0.3 is 0 Å². The van der Waals surface area contributed by atoms with Gasteiger partial charge in [-0.2, -0.15) is 0 Å². The summed E-state index contributed by atoms with van der Waals surface area (Å²) in [5.41, 5.74) is 1.61. The Hall–Kier alpha value is -4.16. The molecule has 5 rings (SSSR count). The van der Waals surface area contributed by atoms with Gasteiger partial charge in [-0.05, 0) is 68.6 Å². The Labute approximate surface area is 237 Å². The Balaban J connectivity index is 1.51. The zero-order chi connectivity index (χ0) is 29.0. The van der Waals surface area contributed by atoms with Crippen molar-refractivity contribution in [3.63, 3.8) is 0 Å². The number of rotatable bonds is 9. The highest BCUT2D eigenvalue weighted by atomic mass is 32.2. The molecule has 1 aliphatic rings. The van der Waals surface area contributed by atoms with Crippen LogP contribution < -0.4 is 20.1 Å². The number of allylic oxidation sites excluding steroid dienone is 1. The standard InChI is InChI=1S/C29H30F2N6O3S/c1-3-19(30)17-41(38,39)37-26-21-9-8-18(2)27(22(21)10-11-24(26)31)40-28-23(7-5-14-33-28)25-12-15-34-29(36-25)35-20-6-4-13-32-16-20/h5,7-12,14-15,17,20,32,37H,3-4,6,13,16H2,1-2H3,(H,34,35,36)/b19-17-. The minimum Gasteiger partial charge on any atom is -0.437 e. The number of pyridine rings is 1. The van der Waals surface area contributed by atoms with Crippen LogP contribution in [0.5, 0.6) is 11.6 Å². The molecule has 0 saturated carbocycles. The van der Waals surface area contributed by atoms with E-state index in [-0.39, 0.29) is 29.4 Å². The van der Waals surface area contributed by atoms with Crippen LogP contribution in [0.25, 0.3) is 22.0 Å². The molecule has 1 atom stereocenters. The molecule has 0 radical (unpaired) electrons. The summed E-state index contributed by atoms with van der Waals surface area (Å²) in [6, 6.07) is 11.5. The van der Waals surface area contributed by atoms with E-state index in [0.29, 0.717) is 39.3 Å². The minimum absolute atomic E-state index is 0.107. The van der Waals surface area contributed by atoms with Gasteiger partial charge in [0.15, 0.2) is 0 Å². The van der Waals surface area contributed by atoms with Crippen LogP contribution in [-0.2, 0) is 10.0 Å². The number of sulfonamides is 1. The molecule has 3 N–H and O–H groups in total. The van der Waals surface area contributed by atoms with Gasteiger partial charge in [-0.3, -0.25) is 4.72 Å². The molecule has 1 saturated heterocycles. The zero-order valence-corrected chi connectivity index (χ0v) is 23.4. The molecule has 0 spiro atoms. The van der Waals surface area contributed by atoms with E-state index < -0.39 is 21.7 Å². The lowest BCUT2D eigenvalue weighted by molar-refractivity contribution is 0.466. The van der Waals surface area contributed by atoms with Crippen LogP contribution in [0.1, 0.15) is 31.7 Å². The summed E-state index contributed by atoms with van der Waals surface area (Å²) in [6.45, 7) is 5.12. The first-order valence-corrected chi connectivity index (χ1v) is 14.8. The summed E-state index contributed by atoms with van der Waals surface area (Å²) in [7, 11) is -4.30. The minimum atomic E-state index is -4.30. The Bertz CT molecular complexity index is 1710. The molecular weight excluding hydrogens is 550 g/mol. The first-order valence-electron chi connectivity index (χ1n) is 13.3. The van der Waals surface area contributed by atoms with E-state index in [1.54, 1.807) is 36.7 Å². The number of aromatic nitrogens is 3. The van der Waals surface area contributed by atoms with Gasteiger partial charge in [0, 0.05) is 35.8 Å². The molecule has 1 unspecified atom stereocenters. The molecular formula is C29H30F2N6O3S. The third-order valence-corrected chi connectivity index (χ3v) is 7.75. The van der Waals surface area contributed by atoms with Gasteiger partial charge in [-0.1, -0.05) is 19.1 Å². The van der Waals surface area contributed by atoms with E-state index in [0.717, 1.165) is 32.0 Å². The number of ether oxygens (including phenoxy) is 1. The average molecular weight is 581 g/mol. The fourth-order valence-electron chi connectivity index (χ4n) is 4.62. The summed E-state index contributed by atoms with van der Waals surface area (Å²) in [6.07, 6.45) is 5.23. The van der Waals surface area contributed by atoms with Crippen molar-refractivity contribution in [2.24, 2.45) is 0 Å². The molecule has 2 aromatic carbocycles. The highest BCUT2D eigenvalue weighted by Gasteiger charge is 2.20. The number of benzene rings is 2. The summed E-state index contributed by atoms with van der Waals surface area (Å²) in [5, 5.41) is 7.87. The number of anilines is 2. The third-order valence-electron chi connectivity index (χ3n) is 6.69. The van der Waals surface area contributed by atoms with Gasteiger partial charge in [0.05, 0.1) is 22.4 Å². The largest absolute Gasteiger partial charge is 0.437 e. The molecule has 9 nitrogen and oxygen atoms in total. The van der Waals surface area contributed by atoms with Crippen molar-refractivity contribution in [2.75, 3.05) is 23.1 Å². The number of hydrogen-bond acceptors (Lipinski definition) is 8. The lowest BCUT2D eigenvalue weighted by atomic mass is 10.0. The van der Waals surface area contributed by atoms with Crippen LogP contribution in [0.3, 0.4) is 0 Å². The van der Waals surface area contributed by atoms with E-state index in [2.05, 4.69) is 30.3 Å². The predicted molar refractivity (Wildman–Crippen MR) is 156 cm³/mol. The summed E-state index contributed by atoms with van der Waals surface area (Å²) < 4.78 is 62.1. The van der Waals surface area contributed by atoms with Crippen molar-refractivity contribution in [3.05, 3.63) is 77.5 Å². The lowest BCUT2D eigenvalue weighted by Gasteiger charge is -2.23. The molecule has 0 aliphatic carbocycles. The van der Waals surface area contributed by atoms with E-state index in [1.807, 2.05) is 13.0 Å². The Morgan fingerprint density at radius 1 is 1.15 bits per heavy atom. The molecule has 41 heavy (non-hydrogen) atoms. The summed E-state index contributed by atoms with van der Waals surface area (Å²) >= 11 is 0. The monoisotopic (exact) mass is 580 g/mol. The van der Waals surface area contributed by atoms with Gasteiger partial charge in [-0.25, -0.2) is 32.2 Å². The van der Waals surface area contributed by atoms with Crippen LogP contribution in [0.15, 0.2) is 66.1 Å². The maximum atomic E-state index is 14.9. The quantitative estimate of drug-likeness (QED) is 0.219. The number of hydrogen-bond donors (Lipinski definition) is 3. The second-order valence-electron chi connectivity index (χ2n) is 9.71. The Kier molecular flexibility index (Phi) is 8.41. The van der Waals surface area contributed by atoms with E-state index in [9.17, 15) is 17.2 Å². The second kappa shape index (κ2) is 12.1. The van der Waals surface area contributed by atoms with Crippen molar-refractivity contribution in [2.45, 2.75) is 39.2 Å². The normalized spacial score (nSPS) is 16.0. The molecule has 1 fully saturated rings. The van der Waals surface area contributed by atoms with Crippen molar-refractivity contribution in [3.8, 4) is 22.9 Å². The zero-order valence-electron chi connectivity index (χ0n) is 22.6. The van der Waals surface area contributed by atoms with Crippen LogP contribution in [-0.4, -0.2) is 42.5 Å². The van der Waals surface area contributed by atoms with Crippen molar-refractivity contribution in [1.82, 2.24) is 20.3 Å². The highest BCUT2D eigenvalue weighted by Crippen LogP contribution is 2.39. The van der Waals surface area contributed by atoms with Gasteiger partial charge in [-0.15, -0.1) is 0 Å². The number of aryl methyl sites for hydroxylation is 1. The molecule has 0 bridgehead atoms. The molecule has 3 heterocycles. The number of nitrogens with zero attached hydrogens (tertiary/aromatic N) is 3. The van der Waals surface area contributed by atoms with Crippen molar-refractivity contribution >= 4 is 32.4 Å². The average Bonchev–Trinajstić information content (AvgIpc) is 2.96. The molecule has 1 aliphatic heterocycles.